The Morgan fingerprint density at radius 2 is 0.667 bits per heavy atom. The third-order valence-corrected chi connectivity index (χ3v) is 10.1. The molecule has 0 aliphatic heterocycles. The molecule has 0 aromatic carbocycles. The van der Waals surface area contributed by atoms with Crippen molar-refractivity contribution in [2.45, 2.75) is 134 Å². The Bertz CT molecular complexity index is 874. The van der Waals surface area contributed by atoms with Crippen molar-refractivity contribution >= 4 is 22.8 Å². The van der Waals surface area contributed by atoms with Crippen molar-refractivity contribution in [1.82, 2.24) is 0 Å². The molecular formula is C27H57O15P3. The maximum atomic E-state index is 12.8. The van der Waals surface area contributed by atoms with E-state index in [1.54, 1.807) is 0 Å². The first-order valence-corrected chi connectivity index (χ1v) is 21.3. The number of aliphatic hydroxyl groups is 3. The Kier molecular flexibility index (Phi) is 21.9. The van der Waals surface area contributed by atoms with Crippen LogP contribution in [0.4, 0.5) is 0 Å². The first-order chi connectivity index (χ1) is 21.3. The first-order valence-electron chi connectivity index (χ1n) is 16.0. The average molecular weight is 715 g/mol. The van der Waals surface area contributed by atoms with Crippen LogP contribution in [0.2, 0.25) is 0 Å². The zero-order valence-corrected chi connectivity index (χ0v) is 29.6. The molecule has 1 saturated carbocycles. The Morgan fingerprint density at radius 3 is 0.911 bits per heavy atom. The van der Waals surface area contributed by atoms with Crippen LogP contribution in [0.1, 0.15) is 97.8 Å². The van der Waals surface area contributed by atoms with Gasteiger partial charge in [-0.05, 0) is 19.3 Å². The fraction of sp³-hybridized carbons (Fsp3) is 1.00. The second kappa shape index (κ2) is 22.8. The highest BCUT2D eigenvalue weighted by Gasteiger charge is 2.59. The molecule has 0 spiro atoms. The van der Waals surface area contributed by atoms with E-state index in [1.807, 2.05) is 20.8 Å². The topological polar surface area (TPSA) is 228 Å². The maximum Gasteiger partial charge on any atom is 0.353 e. The van der Waals surface area contributed by atoms with Crippen molar-refractivity contribution in [3.63, 3.8) is 0 Å². The van der Waals surface area contributed by atoms with Gasteiger partial charge in [0.05, 0.1) is 0 Å². The zero-order chi connectivity index (χ0) is 33.9. The molecule has 9 atom stereocenters. The van der Waals surface area contributed by atoms with E-state index in [0.717, 1.165) is 57.8 Å². The number of aliphatic hydroxyl groups excluding tert-OH is 3. The second-order valence-electron chi connectivity index (χ2n) is 11.2. The maximum absolute atomic E-state index is 12.8. The number of hydrogen-bond acceptors (Lipinski definition) is 12. The van der Waals surface area contributed by atoms with Crippen LogP contribution < -0.4 is 0 Å². The zero-order valence-electron chi connectivity index (χ0n) is 26.9. The van der Waals surface area contributed by atoms with Crippen molar-refractivity contribution in [2.24, 2.45) is 0 Å². The van der Waals surface area contributed by atoms with Gasteiger partial charge in [-0.25, -0.2) is 0 Å². The minimum Gasteiger partial charge on any atom is -0.384 e. The molecule has 1 aliphatic carbocycles. The van der Waals surface area contributed by atoms with E-state index in [1.165, 1.54) is 0 Å². The molecule has 45 heavy (non-hydrogen) atoms. The highest BCUT2D eigenvalue weighted by atomic mass is 31.2. The van der Waals surface area contributed by atoms with Gasteiger partial charge in [-0.3, -0.25) is 27.3 Å². The minimum absolute atomic E-state index is 0.114. The van der Waals surface area contributed by atoms with Gasteiger partial charge >= 0.3 is 22.8 Å². The molecule has 18 heteroatoms. The fourth-order valence-electron chi connectivity index (χ4n) is 4.97. The standard InChI is InChI=1S/C27H57O15P3/c1-4-7-10-13-16-37-22-23(38-17-14-11-8-5-2)25(40-43(31,32)19-28)27(42-45(35,36)21-30)26(41-44(33,34)20-29)24(22)39-18-15-12-9-6-3/h22-30H,4-21H2,1-3H3,(H,31,32)(H,33,34)(H,35,36)/t22-,23-,24+,25-,26-,27-/m0/s1. The molecule has 1 aliphatic rings. The van der Waals surface area contributed by atoms with E-state index in [0.29, 0.717) is 19.3 Å². The molecule has 0 saturated heterocycles. The first kappa shape index (κ1) is 43.2. The summed E-state index contributed by atoms with van der Waals surface area (Å²) in [5.41, 5.74) is 0. The molecule has 0 aromatic rings. The van der Waals surface area contributed by atoms with Crippen molar-refractivity contribution < 1.29 is 71.5 Å². The summed E-state index contributed by atoms with van der Waals surface area (Å²) >= 11 is 0. The van der Waals surface area contributed by atoms with Crippen LogP contribution in [0.25, 0.3) is 0 Å². The largest absolute Gasteiger partial charge is 0.384 e. The van der Waals surface area contributed by atoms with Crippen LogP contribution in [0.3, 0.4) is 0 Å². The smallest absolute Gasteiger partial charge is 0.353 e. The lowest BCUT2D eigenvalue weighted by atomic mass is 9.84. The lowest BCUT2D eigenvalue weighted by molar-refractivity contribution is -0.245. The Balaban J connectivity index is 3.76. The van der Waals surface area contributed by atoms with Crippen molar-refractivity contribution in [2.75, 3.05) is 38.9 Å². The Morgan fingerprint density at radius 1 is 0.422 bits per heavy atom. The number of unbranched alkanes of at least 4 members (excludes halogenated alkanes) is 9. The van der Waals surface area contributed by atoms with Gasteiger partial charge in [-0.2, -0.15) is 0 Å². The third kappa shape index (κ3) is 16.4. The van der Waals surface area contributed by atoms with Gasteiger partial charge in [-0.15, -0.1) is 0 Å². The van der Waals surface area contributed by atoms with E-state index < -0.39 is 78.5 Å². The molecule has 0 bridgehead atoms. The molecule has 0 heterocycles. The van der Waals surface area contributed by atoms with Crippen molar-refractivity contribution in [1.29, 1.82) is 0 Å². The number of ether oxygens (including phenoxy) is 3. The Hall–Kier alpha value is 0.210. The van der Waals surface area contributed by atoms with Crippen molar-refractivity contribution in [3.8, 4) is 0 Å². The molecule has 1 fully saturated rings. The SMILES string of the molecule is CCCCCCO[C@@H]1[C@@H](OCCCCCC)[C@H](OP(=O)(O)CO)[C@@H](OP(=O)(O)CO)[C@@H](OP(=O)(O)CO)[C@H]1OCCCCCC. The summed E-state index contributed by atoms with van der Waals surface area (Å²) in [5, 5.41) is 28.8. The fourth-order valence-corrected chi connectivity index (χ4v) is 7.03. The average Bonchev–Trinajstić information content (AvgIpc) is 3.00. The van der Waals surface area contributed by atoms with E-state index in [-0.39, 0.29) is 19.8 Å². The molecular weight excluding hydrogens is 657 g/mol. The van der Waals surface area contributed by atoms with Crippen LogP contribution in [-0.2, 0) is 41.5 Å². The Labute approximate surface area is 267 Å². The lowest BCUT2D eigenvalue weighted by Crippen LogP contribution is -2.67. The third-order valence-electron chi connectivity index (χ3n) is 7.26. The monoisotopic (exact) mass is 714 g/mol. The summed E-state index contributed by atoms with van der Waals surface area (Å²) in [4.78, 5) is 31.0. The van der Waals surface area contributed by atoms with Crippen LogP contribution in [0.5, 0.6) is 0 Å². The van der Waals surface area contributed by atoms with Crippen LogP contribution in [-0.4, -0.2) is 105 Å². The second-order valence-corrected chi connectivity index (χ2v) is 16.5. The predicted molar refractivity (Wildman–Crippen MR) is 167 cm³/mol. The van der Waals surface area contributed by atoms with E-state index in [2.05, 4.69) is 0 Å². The molecule has 3 unspecified atom stereocenters. The van der Waals surface area contributed by atoms with Crippen LogP contribution in [0, 0.1) is 0 Å². The van der Waals surface area contributed by atoms with E-state index in [4.69, 9.17) is 27.8 Å². The van der Waals surface area contributed by atoms with Gasteiger partial charge < -0.3 is 44.2 Å². The van der Waals surface area contributed by atoms with Crippen LogP contribution >= 0.6 is 22.8 Å². The minimum atomic E-state index is -4.88. The van der Waals surface area contributed by atoms with Crippen LogP contribution in [0.15, 0.2) is 0 Å². The molecule has 6 N–H and O–H groups in total. The summed E-state index contributed by atoms with van der Waals surface area (Å²) in [6.07, 6.45) is -3.53. The summed E-state index contributed by atoms with van der Waals surface area (Å²) in [5.74, 6) is 0. The summed E-state index contributed by atoms with van der Waals surface area (Å²) < 4.78 is 73.1. The normalized spacial score (nSPS) is 27.9. The van der Waals surface area contributed by atoms with E-state index >= 15 is 0 Å². The number of rotatable bonds is 27. The molecule has 1 rings (SSSR count). The van der Waals surface area contributed by atoms with E-state index in [9.17, 15) is 43.7 Å². The van der Waals surface area contributed by atoms with Crippen molar-refractivity contribution in [3.05, 3.63) is 0 Å². The predicted octanol–water partition coefficient (Wildman–Crippen LogP) is 4.46. The highest BCUT2D eigenvalue weighted by Crippen LogP contribution is 2.54. The summed E-state index contributed by atoms with van der Waals surface area (Å²) in [7, 11) is -14.5. The summed E-state index contributed by atoms with van der Waals surface area (Å²) in [6, 6.07) is 0. The quantitative estimate of drug-likeness (QED) is 0.0510. The van der Waals surface area contributed by atoms with Gasteiger partial charge in [0.15, 0.2) is 0 Å². The molecule has 0 amide bonds. The van der Waals surface area contributed by atoms with Gasteiger partial charge in [0.1, 0.15) is 55.7 Å². The summed E-state index contributed by atoms with van der Waals surface area (Å²) in [6.45, 7) is 6.51. The molecule has 0 aromatic heterocycles. The lowest BCUT2D eigenvalue weighted by Gasteiger charge is -2.49. The molecule has 15 nitrogen and oxygen atoms in total. The van der Waals surface area contributed by atoms with Gasteiger partial charge in [0.25, 0.3) is 0 Å². The molecule has 0 radical (unpaired) electrons. The highest BCUT2D eigenvalue weighted by molar-refractivity contribution is 7.53. The van der Waals surface area contributed by atoms with Gasteiger partial charge in [-0.1, -0.05) is 78.6 Å². The number of hydrogen-bond donors (Lipinski definition) is 6. The van der Waals surface area contributed by atoms with Gasteiger partial charge in [0, 0.05) is 19.8 Å². The molecule has 270 valence electrons. The van der Waals surface area contributed by atoms with Gasteiger partial charge in [0.2, 0.25) is 0 Å².